The third-order valence-corrected chi connectivity index (χ3v) is 6.89. The van der Waals surface area contributed by atoms with Crippen molar-refractivity contribution in [2.75, 3.05) is 26.7 Å². The fourth-order valence-electron chi connectivity index (χ4n) is 3.56. The van der Waals surface area contributed by atoms with Gasteiger partial charge in [0, 0.05) is 36.4 Å². The number of hydrogen-bond acceptors (Lipinski definition) is 7. The fraction of sp³-hybridized carbons (Fsp3) is 0.450. The van der Waals surface area contributed by atoms with Crippen LogP contribution in [-0.2, 0) is 21.2 Å². The van der Waals surface area contributed by atoms with Gasteiger partial charge in [-0.05, 0) is 43.4 Å². The van der Waals surface area contributed by atoms with Crippen molar-refractivity contribution in [1.29, 1.82) is 0 Å². The molecule has 180 valence electrons. The molecule has 1 fully saturated rings. The van der Waals surface area contributed by atoms with Crippen LogP contribution in [0.2, 0.25) is 5.02 Å². The molecule has 1 aromatic heterocycles. The van der Waals surface area contributed by atoms with Gasteiger partial charge in [-0.2, -0.15) is 0 Å². The van der Waals surface area contributed by atoms with Crippen molar-refractivity contribution in [1.82, 2.24) is 14.6 Å². The van der Waals surface area contributed by atoms with E-state index in [0.29, 0.717) is 18.0 Å². The van der Waals surface area contributed by atoms with E-state index in [1.165, 1.54) is 24.3 Å². The molecule has 1 saturated heterocycles. The molecule has 8 nitrogen and oxygen atoms in total. The molecule has 0 radical (unpaired) electrons. The molecule has 3 rings (SSSR count). The van der Waals surface area contributed by atoms with Crippen molar-refractivity contribution in [2.24, 2.45) is 0 Å². The first-order valence-corrected chi connectivity index (χ1v) is 11.5. The summed E-state index contributed by atoms with van der Waals surface area (Å²) in [5, 5.41) is 20.6. The van der Waals surface area contributed by atoms with Gasteiger partial charge < -0.3 is 14.9 Å². The minimum Gasteiger partial charge on any atom is -0.394 e. The van der Waals surface area contributed by atoms with Crippen LogP contribution in [-0.4, -0.2) is 79.6 Å². The molecular weight excluding hydrogens is 501 g/mol. The molecule has 0 spiro atoms. The zero-order valence-electron chi connectivity index (χ0n) is 17.4. The normalized spacial score (nSPS) is 22.9. The summed E-state index contributed by atoms with van der Waals surface area (Å²) in [6, 6.07) is 11.0. The SMILES string of the molecule is CN(CCc1ccccn1)[C@@H]1[C@H](O)[C@H](CO)O[C@@H]1CNS(=O)(=O)c1ccc(Cl)cc1.Cl.Cl. The van der Waals surface area contributed by atoms with Gasteiger partial charge in [-0.15, -0.1) is 24.8 Å². The van der Waals surface area contributed by atoms with E-state index in [1.54, 1.807) is 6.20 Å². The third-order valence-electron chi connectivity index (χ3n) is 5.20. The summed E-state index contributed by atoms with van der Waals surface area (Å²) in [6.45, 7) is 0.185. The molecule has 2 heterocycles. The lowest BCUT2D eigenvalue weighted by Crippen LogP contribution is -2.50. The summed E-state index contributed by atoms with van der Waals surface area (Å²) >= 11 is 5.82. The van der Waals surface area contributed by atoms with Crippen LogP contribution in [0.25, 0.3) is 0 Å². The lowest BCUT2D eigenvalue weighted by Gasteiger charge is -2.30. The Morgan fingerprint density at radius 1 is 1.16 bits per heavy atom. The Hall–Kier alpha value is -1.01. The van der Waals surface area contributed by atoms with Crippen LogP contribution in [0.15, 0.2) is 53.6 Å². The maximum absolute atomic E-state index is 12.6. The molecule has 12 heteroatoms. The van der Waals surface area contributed by atoms with Gasteiger partial charge in [-0.25, -0.2) is 13.1 Å². The van der Waals surface area contributed by atoms with Gasteiger partial charge in [-0.3, -0.25) is 9.88 Å². The molecule has 0 aliphatic carbocycles. The predicted molar refractivity (Wildman–Crippen MR) is 127 cm³/mol. The number of hydrogen-bond donors (Lipinski definition) is 3. The van der Waals surface area contributed by atoms with Crippen LogP contribution in [0.3, 0.4) is 0 Å². The van der Waals surface area contributed by atoms with Gasteiger partial charge in [0.1, 0.15) is 12.2 Å². The van der Waals surface area contributed by atoms with E-state index in [9.17, 15) is 18.6 Å². The Kier molecular flexibility index (Phi) is 11.8. The maximum Gasteiger partial charge on any atom is 0.240 e. The topological polar surface area (TPSA) is 112 Å². The van der Waals surface area contributed by atoms with Crippen LogP contribution >= 0.6 is 36.4 Å². The Morgan fingerprint density at radius 2 is 1.84 bits per heavy atom. The second kappa shape index (κ2) is 13.0. The van der Waals surface area contributed by atoms with Crippen LogP contribution in [0.5, 0.6) is 0 Å². The molecule has 4 atom stereocenters. The van der Waals surface area contributed by atoms with E-state index >= 15 is 0 Å². The average Bonchev–Trinajstić information content (AvgIpc) is 3.07. The summed E-state index contributed by atoms with van der Waals surface area (Å²) in [5.74, 6) is 0. The summed E-state index contributed by atoms with van der Waals surface area (Å²) in [7, 11) is -1.94. The van der Waals surface area contributed by atoms with Crippen molar-refractivity contribution in [2.45, 2.75) is 35.7 Å². The van der Waals surface area contributed by atoms with E-state index in [0.717, 1.165) is 5.69 Å². The number of aliphatic hydroxyl groups is 2. The number of nitrogens with zero attached hydrogens (tertiary/aromatic N) is 2. The second-order valence-electron chi connectivity index (χ2n) is 7.23. The lowest BCUT2D eigenvalue weighted by atomic mass is 10.0. The highest BCUT2D eigenvalue weighted by Gasteiger charge is 2.45. The van der Waals surface area contributed by atoms with Crippen LogP contribution in [0.4, 0.5) is 0 Å². The average molecular weight is 529 g/mol. The number of aromatic nitrogens is 1. The molecular formula is C20H28Cl3N3O5S. The minimum atomic E-state index is -3.77. The molecule has 32 heavy (non-hydrogen) atoms. The number of rotatable bonds is 9. The first kappa shape index (κ1) is 29.0. The highest BCUT2D eigenvalue weighted by atomic mass is 35.5. The van der Waals surface area contributed by atoms with Crippen molar-refractivity contribution < 1.29 is 23.4 Å². The molecule has 2 aromatic rings. The molecule has 3 N–H and O–H groups in total. The predicted octanol–water partition coefficient (Wildman–Crippen LogP) is 1.52. The monoisotopic (exact) mass is 527 g/mol. The first-order valence-electron chi connectivity index (χ1n) is 9.61. The Balaban J connectivity index is 0.00000256. The quantitative estimate of drug-likeness (QED) is 0.452. The highest BCUT2D eigenvalue weighted by Crippen LogP contribution is 2.25. The van der Waals surface area contributed by atoms with Crippen LogP contribution < -0.4 is 4.72 Å². The van der Waals surface area contributed by atoms with Gasteiger partial charge in [-0.1, -0.05) is 17.7 Å². The van der Waals surface area contributed by atoms with E-state index in [4.69, 9.17) is 16.3 Å². The number of sulfonamides is 1. The largest absolute Gasteiger partial charge is 0.394 e. The number of benzene rings is 1. The van der Waals surface area contributed by atoms with Gasteiger partial charge >= 0.3 is 0 Å². The maximum atomic E-state index is 12.6. The van der Waals surface area contributed by atoms with Gasteiger partial charge in [0.2, 0.25) is 10.0 Å². The molecule has 0 bridgehead atoms. The Bertz CT molecular complexity index is 922. The van der Waals surface area contributed by atoms with E-state index < -0.39 is 34.4 Å². The lowest BCUT2D eigenvalue weighted by molar-refractivity contribution is -0.0201. The van der Waals surface area contributed by atoms with E-state index in [1.807, 2.05) is 30.1 Å². The third kappa shape index (κ3) is 7.24. The summed E-state index contributed by atoms with van der Waals surface area (Å²) in [6.07, 6.45) is 0.0195. The number of halogens is 3. The Morgan fingerprint density at radius 3 is 2.44 bits per heavy atom. The zero-order chi connectivity index (χ0) is 21.7. The number of likely N-dealkylation sites (N-methyl/N-ethyl adjacent to an activating group) is 1. The zero-order valence-corrected chi connectivity index (χ0v) is 20.6. The van der Waals surface area contributed by atoms with Crippen molar-refractivity contribution >= 4 is 46.4 Å². The minimum absolute atomic E-state index is 0. The number of nitrogens with one attached hydrogen (secondary N) is 1. The number of ether oxygens (including phenoxy) is 1. The van der Waals surface area contributed by atoms with Crippen molar-refractivity contribution in [3.63, 3.8) is 0 Å². The highest BCUT2D eigenvalue weighted by molar-refractivity contribution is 7.89. The van der Waals surface area contributed by atoms with Gasteiger partial charge in [0.25, 0.3) is 0 Å². The summed E-state index contributed by atoms with van der Waals surface area (Å²) < 4.78 is 33.4. The molecule has 1 aliphatic heterocycles. The summed E-state index contributed by atoms with van der Waals surface area (Å²) in [5.41, 5.74) is 0.913. The molecule has 1 aliphatic rings. The second-order valence-corrected chi connectivity index (χ2v) is 9.44. The van der Waals surface area contributed by atoms with Crippen molar-refractivity contribution in [3.05, 3.63) is 59.4 Å². The molecule has 0 unspecified atom stereocenters. The van der Waals surface area contributed by atoms with E-state index in [-0.39, 0.29) is 42.9 Å². The van der Waals surface area contributed by atoms with Crippen LogP contribution in [0, 0.1) is 0 Å². The van der Waals surface area contributed by atoms with Gasteiger partial charge in [0.05, 0.1) is 23.6 Å². The first-order chi connectivity index (χ1) is 14.3. The summed E-state index contributed by atoms with van der Waals surface area (Å²) in [4.78, 5) is 6.29. The fourth-order valence-corrected chi connectivity index (χ4v) is 4.74. The standard InChI is InChI=1S/C20H26ClN3O5S.2ClH/c1-24(11-9-15-4-2-3-10-22-15)19-17(29-18(13-25)20(19)26)12-23-30(27,28)16-7-5-14(21)6-8-16;;/h2-8,10,17-20,23,25-26H,9,11-13H2,1H3;2*1H/t17-,18+,19+,20-;;/m1../s1. The molecule has 0 saturated carbocycles. The molecule has 1 aromatic carbocycles. The smallest absolute Gasteiger partial charge is 0.240 e. The number of pyridine rings is 1. The number of aliphatic hydroxyl groups excluding tert-OH is 2. The van der Waals surface area contributed by atoms with Crippen LogP contribution in [0.1, 0.15) is 5.69 Å². The van der Waals surface area contributed by atoms with Crippen molar-refractivity contribution in [3.8, 4) is 0 Å². The molecule has 0 amide bonds. The van der Waals surface area contributed by atoms with Gasteiger partial charge in [0.15, 0.2) is 0 Å². The van der Waals surface area contributed by atoms with E-state index in [2.05, 4.69) is 9.71 Å². The Labute approximate surface area is 205 Å².